The van der Waals surface area contributed by atoms with E-state index >= 15 is 0 Å². The molecule has 7 heteroatoms. The van der Waals surface area contributed by atoms with Crippen LogP contribution in [-0.2, 0) is 0 Å². The molecule has 0 atom stereocenters. The third kappa shape index (κ3) is 2.73. The van der Waals surface area contributed by atoms with Crippen LogP contribution in [0.15, 0.2) is 47.1 Å². The van der Waals surface area contributed by atoms with E-state index in [2.05, 4.69) is 26.9 Å². The number of carbonyl (C=O) groups is 1. The SMILES string of the molecule is Cc1cc2oc(C(=O)Nc3ccc(-n4cnnn4)cc3)c(C)c2cc1C. The summed E-state index contributed by atoms with van der Waals surface area (Å²) in [5.74, 6) is 0.0544. The number of rotatable bonds is 3. The van der Waals surface area contributed by atoms with Crippen LogP contribution in [-0.4, -0.2) is 26.1 Å². The number of amides is 1. The molecule has 0 aliphatic rings. The third-order valence-corrected chi connectivity index (χ3v) is 4.50. The summed E-state index contributed by atoms with van der Waals surface area (Å²) in [5, 5.41) is 14.9. The fourth-order valence-electron chi connectivity index (χ4n) is 2.86. The summed E-state index contributed by atoms with van der Waals surface area (Å²) in [7, 11) is 0. The van der Waals surface area contributed by atoms with Gasteiger partial charge < -0.3 is 9.73 Å². The first-order valence-corrected chi connectivity index (χ1v) is 8.18. The lowest BCUT2D eigenvalue weighted by atomic mass is 10.0. The summed E-state index contributed by atoms with van der Waals surface area (Å²) < 4.78 is 7.35. The van der Waals surface area contributed by atoms with Gasteiger partial charge in [-0.2, -0.15) is 0 Å². The lowest BCUT2D eigenvalue weighted by Gasteiger charge is -2.05. The Hall–Kier alpha value is -3.48. The van der Waals surface area contributed by atoms with Crippen LogP contribution in [0, 0.1) is 20.8 Å². The number of hydrogen-bond acceptors (Lipinski definition) is 5. The van der Waals surface area contributed by atoms with Gasteiger partial charge in [-0.15, -0.1) is 5.10 Å². The number of benzene rings is 2. The Bertz CT molecular complexity index is 1100. The molecule has 0 saturated carbocycles. The van der Waals surface area contributed by atoms with Crippen LogP contribution in [0.25, 0.3) is 16.7 Å². The van der Waals surface area contributed by atoms with E-state index in [0.29, 0.717) is 11.4 Å². The van der Waals surface area contributed by atoms with Gasteiger partial charge in [-0.05, 0) is 78.7 Å². The Kier molecular flexibility index (Phi) is 3.76. The maximum Gasteiger partial charge on any atom is 0.291 e. The highest BCUT2D eigenvalue weighted by Gasteiger charge is 2.18. The van der Waals surface area contributed by atoms with Crippen molar-refractivity contribution in [1.29, 1.82) is 0 Å². The molecule has 0 aliphatic heterocycles. The molecule has 26 heavy (non-hydrogen) atoms. The topological polar surface area (TPSA) is 85.8 Å². The molecule has 0 spiro atoms. The number of nitrogens with one attached hydrogen (secondary N) is 1. The zero-order valence-electron chi connectivity index (χ0n) is 14.6. The quantitative estimate of drug-likeness (QED) is 0.612. The highest BCUT2D eigenvalue weighted by molar-refractivity contribution is 6.06. The van der Waals surface area contributed by atoms with Crippen molar-refractivity contribution >= 4 is 22.6 Å². The molecule has 0 fully saturated rings. The molecular weight excluding hydrogens is 330 g/mol. The molecule has 0 aliphatic carbocycles. The van der Waals surface area contributed by atoms with E-state index in [1.807, 2.05) is 39.0 Å². The monoisotopic (exact) mass is 347 g/mol. The number of fused-ring (bicyclic) bond motifs is 1. The van der Waals surface area contributed by atoms with Gasteiger partial charge in [0.2, 0.25) is 0 Å². The van der Waals surface area contributed by atoms with Gasteiger partial charge in [0.05, 0.1) is 5.69 Å². The Balaban J connectivity index is 1.60. The van der Waals surface area contributed by atoms with E-state index < -0.39 is 0 Å². The molecule has 2 aromatic carbocycles. The summed E-state index contributed by atoms with van der Waals surface area (Å²) in [6, 6.07) is 11.3. The van der Waals surface area contributed by atoms with E-state index in [4.69, 9.17) is 4.42 Å². The second-order valence-corrected chi connectivity index (χ2v) is 6.24. The van der Waals surface area contributed by atoms with Crippen LogP contribution in [0.5, 0.6) is 0 Å². The Morgan fingerprint density at radius 2 is 1.81 bits per heavy atom. The number of nitrogens with zero attached hydrogens (tertiary/aromatic N) is 4. The summed E-state index contributed by atoms with van der Waals surface area (Å²) in [5.41, 5.74) is 5.34. The molecule has 130 valence electrons. The standard InChI is InChI=1S/C19H17N5O2/c1-11-8-16-13(3)18(26-17(16)9-12(11)2)19(25)21-14-4-6-15(7-5-14)24-10-20-22-23-24/h4-10H,1-3H3,(H,21,25). The number of tetrazole rings is 1. The minimum Gasteiger partial charge on any atom is -0.451 e. The molecule has 2 heterocycles. The minimum absolute atomic E-state index is 0.274. The molecule has 1 N–H and O–H groups in total. The van der Waals surface area contributed by atoms with Gasteiger partial charge in [0, 0.05) is 16.6 Å². The molecule has 1 amide bonds. The average Bonchev–Trinajstić information content (AvgIpc) is 3.26. The van der Waals surface area contributed by atoms with E-state index in [0.717, 1.165) is 27.8 Å². The maximum absolute atomic E-state index is 12.6. The number of anilines is 1. The Labute approximate surface area is 149 Å². The number of hydrogen-bond donors (Lipinski definition) is 1. The predicted molar refractivity (Wildman–Crippen MR) is 97.5 cm³/mol. The molecule has 4 aromatic rings. The Morgan fingerprint density at radius 3 is 2.50 bits per heavy atom. The van der Waals surface area contributed by atoms with E-state index in [1.165, 1.54) is 11.9 Å². The molecule has 0 unspecified atom stereocenters. The Morgan fingerprint density at radius 1 is 1.08 bits per heavy atom. The molecular formula is C19H17N5O2. The zero-order valence-corrected chi connectivity index (χ0v) is 14.6. The molecule has 7 nitrogen and oxygen atoms in total. The van der Waals surface area contributed by atoms with Crippen molar-refractivity contribution in [2.75, 3.05) is 5.32 Å². The molecule has 4 rings (SSSR count). The van der Waals surface area contributed by atoms with Gasteiger partial charge in [-0.1, -0.05) is 0 Å². The van der Waals surface area contributed by atoms with Crippen molar-refractivity contribution in [2.45, 2.75) is 20.8 Å². The minimum atomic E-state index is -0.274. The van der Waals surface area contributed by atoms with Crippen molar-refractivity contribution in [3.05, 3.63) is 65.2 Å². The summed E-state index contributed by atoms with van der Waals surface area (Å²) in [6.07, 6.45) is 1.51. The van der Waals surface area contributed by atoms with Crippen molar-refractivity contribution in [1.82, 2.24) is 20.2 Å². The van der Waals surface area contributed by atoms with E-state index in [-0.39, 0.29) is 5.91 Å². The number of carbonyl (C=O) groups excluding carboxylic acids is 1. The van der Waals surface area contributed by atoms with Gasteiger partial charge in [0.25, 0.3) is 5.91 Å². The van der Waals surface area contributed by atoms with Crippen molar-refractivity contribution in [3.63, 3.8) is 0 Å². The number of furan rings is 1. The van der Waals surface area contributed by atoms with Crippen LogP contribution in [0.1, 0.15) is 27.2 Å². The molecule has 0 radical (unpaired) electrons. The van der Waals surface area contributed by atoms with Crippen LogP contribution >= 0.6 is 0 Å². The first-order valence-electron chi connectivity index (χ1n) is 8.18. The van der Waals surface area contributed by atoms with Crippen molar-refractivity contribution in [2.24, 2.45) is 0 Å². The van der Waals surface area contributed by atoms with E-state index in [1.54, 1.807) is 16.8 Å². The van der Waals surface area contributed by atoms with Gasteiger partial charge in [0.1, 0.15) is 11.9 Å². The van der Waals surface area contributed by atoms with Crippen molar-refractivity contribution < 1.29 is 9.21 Å². The van der Waals surface area contributed by atoms with E-state index in [9.17, 15) is 4.79 Å². The third-order valence-electron chi connectivity index (χ3n) is 4.50. The summed E-state index contributed by atoms with van der Waals surface area (Å²) in [6.45, 7) is 5.97. The summed E-state index contributed by atoms with van der Waals surface area (Å²) in [4.78, 5) is 12.6. The lowest BCUT2D eigenvalue weighted by Crippen LogP contribution is -2.12. The fourth-order valence-corrected chi connectivity index (χ4v) is 2.86. The number of aryl methyl sites for hydroxylation is 3. The van der Waals surface area contributed by atoms with Gasteiger partial charge in [0.15, 0.2) is 5.76 Å². The normalized spacial score (nSPS) is 11.0. The maximum atomic E-state index is 12.6. The summed E-state index contributed by atoms with van der Waals surface area (Å²) >= 11 is 0. The largest absolute Gasteiger partial charge is 0.451 e. The van der Waals surface area contributed by atoms with Gasteiger partial charge in [-0.25, -0.2) is 4.68 Å². The van der Waals surface area contributed by atoms with Crippen LogP contribution in [0.3, 0.4) is 0 Å². The highest BCUT2D eigenvalue weighted by Crippen LogP contribution is 2.28. The second kappa shape index (κ2) is 6.11. The first-order chi connectivity index (χ1) is 12.5. The smallest absolute Gasteiger partial charge is 0.291 e. The molecule has 2 aromatic heterocycles. The van der Waals surface area contributed by atoms with Gasteiger partial charge in [-0.3, -0.25) is 4.79 Å². The lowest BCUT2D eigenvalue weighted by molar-refractivity contribution is 0.0998. The van der Waals surface area contributed by atoms with Crippen LogP contribution in [0.4, 0.5) is 5.69 Å². The molecule has 0 saturated heterocycles. The second-order valence-electron chi connectivity index (χ2n) is 6.24. The zero-order chi connectivity index (χ0) is 18.3. The first kappa shape index (κ1) is 16.0. The number of aromatic nitrogens is 4. The average molecular weight is 347 g/mol. The van der Waals surface area contributed by atoms with Crippen LogP contribution < -0.4 is 5.32 Å². The fraction of sp³-hybridized carbons (Fsp3) is 0.158. The molecule has 0 bridgehead atoms. The predicted octanol–water partition coefficient (Wildman–Crippen LogP) is 3.59. The van der Waals surface area contributed by atoms with Crippen LogP contribution in [0.2, 0.25) is 0 Å². The van der Waals surface area contributed by atoms with Crippen molar-refractivity contribution in [3.8, 4) is 5.69 Å². The van der Waals surface area contributed by atoms with Gasteiger partial charge >= 0.3 is 0 Å². The highest BCUT2D eigenvalue weighted by atomic mass is 16.3.